The van der Waals surface area contributed by atoms with E-state index in [1.54, 1.807) is 11.3 Å². The number of aromatic nitrogens is 3. The van der Waals surface area contributed by atoms with Crippen molar-refractivity contribution in [1.82, 2.24) is 20.1 Å². The molecule has 0 saturated carbocycles. The van der Waals surface area contributed by atoms with Crippen LogP contribution in [-0.2, 0) is 6.54 Å². The molecular weight excluding hydrogens is 320 g/mol. The third-order valence-electron chi connectivity index (χ3n) is 4.51. The van der Waals surface area contributed by atoms with Crippen LogP contribution in [0.3, 0.4) is 0 Å². The molecule has 1 aliphatic heterocycles. The van der Waals surface area contributed by atoms with Gasteiger partial charge in [0.25, 0.3) is 5.89 Å². The number of likely N-dealkylation sites (tertiary alicyclic amines) is 1. The SMILES string of the molecule is Cc1ncsc1-c1nnc([C@@H]2CCCCN2Cc2ccccc2)o1. The summed E-state index contributed by atoms with van der Waals surface area (Å²) in [6.45, 7) is 3.96. The normalized spacial score (nSPS) is 18.8. The Bertz CT molecular complexity index is 798. The summed E-state index contributed by atoms with van der Waals surface area (Å²) >= 11 is 1.55. The monoisotopic (exact) mass is 340 g/mol. The lowest BCUT2D eigenvalue weighted by Gasteiger charge is -2.33. The topological polar surface area (TPSA) is 55.1 Å². The molecule has 124 valence electrons. The molecule has 24 heavy (non-hydrogen) atoms. The average molecular weight is 340 g/mol. The van der Waals surface area contributed by atoms with E-state index < -0.39 is 0 Å². The van der Waals surface area contributed by atoms with Crippen LogP contribution in [0.5, 0.6) is 0 Å². The molecule has 0 aliphatic carbocycles. The number of nitrogens with zero attached hydrogens (tertiary/aromatic N) is 4. The molecule has 1 atom stereocenters. The first-order valence-electron chi connectivity index (χ1n) is 8.33. The van der Waals surface area contributed by atoms with Crippen LogP contribution in [-0.4, -0.2) is 26.6 Å². The summed E-state index contributed by atoms with van der Waals surface area (Å²) in [6, 6.07) is 10.8. The second-order valence-electron chi connectivity index (χ2n) is 6.18. The minimum Gasteiger partial charge on any atom is -0.418 e. The fourth-order valence-corrected chi connectivity index (χ4v) is 3.97. The number of aryl methyl sites for hydroxylation is 1. The molecule has 1 fully saturated rings. The van der Waals surface area contributed by atoms with Gasteiger partial charge < -0.3 is 4.42 Å². The van der Waals surface area contributed by atoms with Crippen LogP contribution in [0, 0.1) is 6.92 Å². The van der Waals surface area contributed by atoms with Gasteiger partial charge in [-0.05, 0) is 31.9 Å². The van der Waals surface area contributed by atoms with Crippen molar-refractivity contribution < 1.29 is 4.42 Å². The Balaban J connectivity index is 1.57. The van der Waals surface area contributed by atoms with E-state index in [4.69, 9.17) is 4.42 Å². The summed E-state index contributed by atoms with van der Waals surface area (Å²) in [5, 5.41) is 8.61. The Hall–Kier alpha value is -2.05. The maximum atomic E-state index is 6.02. The maximum absolute atomic E-state index is 6.02. The lowest BCUT2D eigenvalue weighted by atomic mass is 10.0. The Morgan fingerprint density at radius 3 is 2.88 bits per heavy atom. The Kier molecular flexibility index (Phi) is 4.40. The van der Waals surface area contributed by atoms with E-state index in [2.05, 4.69) is 50.4 Å². The minimum absolute atomic E-state index is 0.202. The first kappa shape index (κ1) is 15.5. The van der Waals surface area contributed by atoms with Gasteiger partial charge in [-0.1, -0.05) is 36.8 Å². The van der Waals surface area contributed by atoms with Crippen molar-refractivity contribution >= 4 is 11.3 Å². The number of benzene rings is 1. The van der Waals surface area contributed by atoms with Crippen LogP contribution in [0.1, 0.15) is 42.5 Å². The van der Waals surface area contributed by atoms with E-state index in [9.17, 15) is 0 Å². The highest BCUT2D eigenvalue weighted by Gasteiger charge is 2.29. The van der Waals surface area contributed by atoms with Gasteiger partial charge in [0, 0.05) is 6.54 Å². The summed E-state index contributed by atoms with van der Waals surface area (Å²) in [7, 11) is 0. The zero-order valence-electron chi connectivity index (χ0n) is 13.7. The van der Waals surface area contributed by atoms with Crippen molar-refractivity contribution in [2.24, 2.45) is 0 Å². The molecule has 0 radical (unpaired) electrons. The number of hydrogen-bond donors (Lipinski definition) is 0. The van der Waals surface area contributed by atoms with Crippen LogP contribution < -0.4 is 0 Å². The van der Waals surface area contributed by atoms with Gasteiger partial charge in [-0.3, -0.25) is 4.90 Å². The van der Waals surface area contributed by atoms with E-state index in [1.807, 2.05) is 12.4 Å². The van der Waals surface area contributed by atoms with Crippen LogP contribution in [0.25, 0.3) is 10.8 Å². The molecule has 1 aromatic carbocycles. The quantitative estimate of drug-likeness (QED) is 0.711. The number of hydrogen-bond acceptors (Lipinski definition) is 6. The van der Waals surface area contributed by atoms with Gasteiger partial charge >= 0.3 is 0 Å². The van der Waals surface area contributed by atoms with Crippen molar-refractivity contribution in [3.8, 4) is 10.8 Å². The van der Waals surface area contributed by atoms with E-state index in [-0.39, 0.29) is 6.04 Å². The molecule has 6 heteroatoms. The third kappa shape index (κ3) is 3.12. The highest BCUT2D eigenvalue weighted by atomic mass is 32.1. The molecule has 1 saturated heterocycles. The molecule has 3 heterocycles. The van der Waals surface area contributed by atoms with Crippen molar-refractivity contribution in [3.63, 3.8) is 0 Å². The number of piperidine rings is 1. The average Bonchev–Trinajstić information content (AvgIpc) is 3.25. The highest BCUT2D eigenvalue weighted by molar-refractivity contribution is 7.13. The Morgan fingerprint density at radius 2 is 2.08 bits per heavy atom. The minimum atomic E-state index is 0.202. The van der Waals surface area contributed by atoms with Gasteiger partial charge in [0.2, 0.25) is 5.89 Å². The van der Waals surface area contributed by atoms with E-state index in [0.717, 1.165) is 36.0 Å². The third-order valence-corrected chi connectivity index (χ3v) is 5.42. The van der Waals surface area contributed by atoms with Gasteiger partial charge in [-0.25, -0.2) is 4.98 Å². The van der Waals surface area contributed by atoms with Crippen molar-refractivity contribution in [2.45, 2.75) is 38.8 Å². The molecule has 0 N–H and O–H groups in total. The first-order chi connectivity index (χ1) is 11.8. The fraction of sp³-hybridized carbons (Fsp3) is 0.389. The second kappa shape index (κ2) is 6.83. The number of rotatable bonds is 4. The predicted molar refractivity (Wildman–Crippen MR) is 93.6 cm³/mol. The summed E-state index contributed by atoms with van der Waals surface area (Å²) < 4.78 is 6.02. The largest absolute Gasteiger partial charge is 0.418 e. The summed E-state index contributed by atoms with van der Waals surface area (Å²) in [5.74, 6) is 1.32. The molecule has 0 bridgehead atoms. The summed E-state index contributed by atoms with van der Waals surface area (Å²) in [6.07, 6.45) is 3.49. The van der Waals surface area contributed by atoms with Gasteiger partial charge in [-0.15, -0.1) is 21.5 Å². The lowest BCUT2D eigenvalue weighted by Crippen LogP contribution is -2.33. The second-order valence-corrected chi connectivity index (χ2v) is 7.03. The van der Waals surface area contributed by atoms with Crippen LogP contribution in [0.2, 0.25) is 0 Å². The standard InChI is InChI=1S/C18H20N4OS/c1-13-16(24-12-19-13)18-21-20-17(23-18)15-9-5-6-10-22(15)11-14-7-3-2-4-8-14/h2-4,7-8,12,15H,5-6,9-11H2,1H3/t15-/m0/s1. The first-order valence-corrected chi connectivity index (χ1v) is 9.21. The molecule has 0 unspecified atom stereocenters. The zero-order valence-corrected chi connectivity index (χ0v) is 14.5. The van der Waals surface area contributed by atoms with E-state index in [0.29, 0.717) is 5.89 Å². The van der Waals surface area contributed by atoms with Crippen molar-refractivity contribution in [2.75, 3.05) is 6.54 Å². The summed E-state index contributed by atoms with van der Waals surface area (Å²) in [5.41, 5.74) is 4.08. The van der Waals surface area contributed by atoms with Crippen molar-refractivity contribution in [3.05, 3.63) is 53.0 Å². The lowest BCUT2D eigenvalue weighted by molar-refractivity contribution is 0.118. The molecule has 1 aliphatic rings. The van der Waals surface area contributed by atoms with Gasteiger partial charge in [-0.2, -0.15) is 0 Å². The smallest absolute Gasteiger partial charge is 0.259 e. The molecule has 4 rings (SSSR count). The molecule has 5 nitrogen and oxygen atoms in total. The van der Waals surface area contributed by atoms with Crippen LogP contribution >= 0.6 is 11.3 Å². The zero-order chi connectivity index (χ0) is 16.4. The predicted octanol–water partition coefficient (Wildman–Crippen LogP) is 4.23. The molecule has 0 amide bonds. The maximum Gasteiger partial charge on any atom is 0.259 e. The fourth-order valence-electron chi connectivity index (χ4n) is 3.25. The molecule has 0 spiro atoms. The van der Waals surface area contributed by atoms with Crippen LogP contribution in [0.4, 0.5) is 0 Å². The van der Waals surface area contributed by atoms with Gasteiger partial charge in [0.15, 0.2) is 0 Å². The highest BCUT2D eigenvalue weighted by Crippen LogP contribution is 2.34. The van der Waals surface area contributed by atoms with Gasteiger partial charge in [0.1, 0.15) is 4.88 Å². The van der Waals surface area contributed by atoms with Crippen molar-refractivity contribution in [1.29, 1.82) is 0 Å². The molecule has 2 aromatic heterocycles. The summed E-state index contributed by atoms with van der Waals surface area (Å²) in [4.78, 5) is 7.69. The van der Waals surface area contributed by atoms with Crippen LogP contribution in [0.15, 0.2) is 40.3 Å². The van der Waals surface area contributed by atoms with Gasteiger partial charge in [0.05, 0.1) is 17.2 Å². The number of thiazole rings is 1. The van der Waals surface area contributed by atoms with E-state index in [1.165, 1.54) is 18.4 Å². The van der Waals surface area contributed by atoms with E-state index >= 15 is 0 Å². The molecule has 3 aromatic rings. The Labute approximate surface area is 145 Å². The Morgan fingerprint density at radius 1 is 1.21 bits per heavy atom. The molecular formula is C18H20N4OS.